The molecule has 0 radical (unpaired) electrons. The van der Waals surface area contributed by atoms with E-state index in [2.05, 4.69) is 5.32 Å². The zero-order valence-corrected chi connectivity index (χ0v) is 11.2. The van der Waals surface area contributed by atoms with Gasteiger partial charge in [-0.15, -0.1) is 0 Å². The molecular weight excluding hydrogens is 268 g/mol. The van der Waals surface area contributed by atoms with Crippen molar-refractivity contribution in [2.45, 2.75) is 12.5 Å². The summed E-state index contributed by atoms with van der Waals surface area (Å²) >= 11 is 0. The summed E-state index contributed by atoms with van der Waals surface area (Å²) in [7, 11) is 0. The number of carbonyl (C=O) groups is 2. The van der Waals surface area contributed by atoms with Gasteiger partial charge in [0.05, 0.1) is 5.69 Å². The van der Waals surface area contributed by atoms with E-state index in [0.29, 0.717) is 12.1 Å². The molecule has 1 fully saturated rings. The molecule has 2 N–H and O–H groups in total. The topological polar surface area (TPSA) is 69.6 Å². The van der Waals surface area contributed by atoms with Gasteiger partial charge in [-0.3, -0.25) is 4.79 Å². The van der Waals surface area contributed by atoms with Crippen LogP contribution in [-0.2, 0) is 11.2 Å². The fourth-order valence-corrected chi connectivity index (χ4v) is 2.36. The molecule has 2 aromatic rings. The number of imide groups is 1. The number of rotatable bonds is 3. The maximum Gasteiger partial charge on any atom is 0.329 e. The first-order valence-corrected chi connectivity index (χ1v) is 6.62. The van der Waals surface area contributed by atoms with Crippen LogP contribution in [0.15, 0.2) is 54.6 Å². The molecule has 0 aromatic heterocycles. The van der Waals surface area contributed by atoms with Crippen molar-refractivity contribution in [1.82, 2.24) is 5.32 Å². The number of nitrogens with one attached hydrogen (secondary N) is 1. The Hall–Kier alpha value is -2.82. The smallest absolute Gasteiger partial charge is 0.329 e. The Morgan fingerprint density at radius 3 is 2.33 bits per heavy atom. The van der Waals surface area contributed by atoms with Gasteiger partial charge in [0.15, 0.2) is 0 Å². The lowest BCUT2D eigenvalue weighted by molar-refractivity contribution is -0.118. The van der Waals surface area contributed by atoms with Gasteiger partial charge < -0.3 is 10.4 Å². The molecular formula is C16H14N2O3. The van der Waals surface area contributed by atoms with Crippen molar-refractivity contribution in [2.24, 2.45) is 0 Å². The number of carbonyl (C=O) groups excluding carboxylic acids is 2. The monoisotopic (exact) mass is 282 g/mol. The number of amides is 3. The zero-order valence-electron chi connectivity index (χ0n) is 11.2. The first kappa shape index (κ1) is 13.2. The molecule has 0 unspecified atom stereocenters. The molecule has 1 atom stereocenters. The predicted molar refractivity (Wildman–Crippen MR) is 78.1 cm³/mol. The Morgan fingerprint density at radius 2 is 1.67 bits per heavy atom. The number of anilines is 1. The summed E-state index contributed by atoms with van der Waals surface area (Å²) in [6.45, 7) is 0. The van der Waals surface area contributed by atoms with Crippen LogP contribution in [0.25, 0.3) is 0 Å². The highest BCUT2D eigenvalue weighted by Crippen LogP contribution is 2.21. The van der Waals surface area contributed by atoms with Gasteiger partial charge in [-0.25, -0.2) is 9.69 Å². The number of hydrogen-bond acceptors (Lipinski definition) is 3. The Morgan fingerprint density at radius 1 is 1.00 bits per heavy atom. The van der Waals surface area contributed by atoms with Crippen LogP contribution < -0.4 is 10.2 Å². The van der Waals surface area contributed by atoms with Crippen LogP contribution in [0.3, 0.4) is 0 Å². The molecule has 5 nitrogen and oxygen atoms in total. The predicted octanol–water partition coefficient (Wildman–Crippen LogP) is 2.06. The SMILES string of the molecule is O=C1N[C@@H](Cc2ccc(O)cc2)C(=O)N1c1ccccc1. The summed E-state index contributed by atoms with van der Waals surface area (Å²) in [6, 6.07) is 14.4. The van der Waals surface area contributed by atoms with Crippen molar-refractivity contribution < 1.29 is 14.7 Å². The van der Waals surface area contributed by atoms with E-state index in [4.69, 9.17) is 0 Å². The Labute approximate surface area is 121 Å². The average molecular weight is 282 g/mol. The quantitative estimate of drug-likeness (QED) is 0.847. The third kappa shape index (κ3) is 2.58. The van der Waals surface area contributed by atoms with Crippen molar-refractivity contribution in [3.05, 3.63) is 60.2 Å². The summed E-state index contributed by atoms with van der Waals surface area (Å²) in [6.07, 6.45) is 0.397. The molecule has 0 aliphatic carbocycles. The Balaban J connectivity index is 1.79. The van der Waals surface area contributed by atoms with Gasteiger partial charge in [0.1, 0.15) is 11.8 Å². The molecule has 5 heteroatoms. The second kappa shape index (κ2) is 5.28. The van der Waals surface area contributed by atoms with E-state index in [-0.39, 0.29) is 11.7 Å². The fraction of sp³-hybridized carbons (Fsp3) is 0.125. The summed E-state index contributed by atoms with van der Waals surface area (Å²) in [5.41, 5.74) is 1.44. The third-order valence-electron chi connectivity index (χ3n) is 3.41. The van der Waals surface area contributed by atoms with Crippen molar-refractivity contribution in [2.75, 3.05) is 4.90 Å². The molecule has 106 valence electrons. The molecule has 0 bridgehead atoms. The molecule has 3 rings (SSSR count). The van der Waals surface area contributed by atoms with Crippen molar-refractivity contribution in [3.8, 4) is 5.75 Å². The minimum absolute atomic E-state index is 0.173. The molecule has 0 saturated carbocycles. The lowest BCUT2D eigenvalue weighted by atomic mass is 10.1. The number of phenols is 1. The maximum absolute atomic E-state index is 12.4. The van der Waals surface area contributed by atoms with Crippen LogP contribution in [0.4, 0.5) is 10.5 Å². The van der Waals surface area contributed by atoms with Gasteiger partial charge in [0.2, 0.25) is 0 Å². The van der Waals surface area contributed by atoms with Crippen molar-refractivity contribution >= 4 is 17.6 Å². The number of nitrogens with zero attached hydrogens (tertiary/aromatic N) is 1. The van der Waals surface area contributed by atoms with E-state index in [0.717, 1.165) is 10.5 Å². The number of urea groups is 1. The first-order valence-electron chi connectivity index (χ1n) is 6.62. The number of phenolic OH excluding ortho intramolecular Hbond substituents is 1. The summed E-state index contributed by atoms with van der Waals surface area (Å²) in [5.74, 6) is -0.0919. The van der Waals surface area contributed by atoms with E-state index in [1.54, 1.807) is 48.5 Å². The standard InChI is InChI=1S/C16H14N2O3/c19-13-8-6-11(7-9-13)10-14-15(20)18(16(21)17-14)12-4-2-1-3-5-12/h1-9,14,19H,10H2,(H,17,21)/t14-/m0/s1. The Kier molecular flexibility index (Phi) is 3.31. The summed E-state index contributed by atoms with van der Waals surface area (Å²) in [5, 5.41) is 11.9. The van der Waals surface area contributed by atoms with Crippen LogP contribution in [-0.4, -0.2) is 23.1 Å². The number of benzene rings is 2. The minimum Gasteiger partial charge on any atom is -0.508 e. The highest BCUT2D eigenvalue weighted by atomic mass is 16.3. The van der Waals surface area contributed by atoms with Crippen LogP contribution in [0.1, 0.15) is 5.56 Å². The van der Waals surface area contributed by atoms with E-state index in [9.17, 15) is 14.7 Å². The molecule has 3 amide bonds. The van der Waals surface area contributed by atoms with Crippen molar-refractivity contribution in [1.29, 1.82) is 0 Å². The zero-order chi connectivity index (χ0) is 14.8. The fourth-order valence-electron chi connectivity index (χ4n) is 2.36. The number of hydrogen-bond donors (Lipinski definition) is 2. The highest BCUT2D eigenvalue weighted by Gasteiger charge is 2.38. The second-order valence-corrected chi connectivity index (χ2v) is 4.88. The molecule has 1 aliphatic heterocycles. The van der Waals surface area contributed by atoms with Gasteiger partial charge in [-0.1, -0.05) is 30.3 Å². The van der Waals surface area contributed by atoms with Gasteiger partial charge >= 0.3 is 6.03 Å². The molecule has 1 saturated heterocycles. The van der Waals surface area contributed by atoms with E-state index >= 15 is 0 Å². The lowest BCUT2D eigenvalue weighted by Gasteiger charge is -2.12. The highest BCUT2D eigenvalue weighted by molar-refractivity contribution is 6.21. The van der Waals surface area contributed by atoms with Gasteiger partial charge in [-0.05, 0) is 29.8 Å². The lowest BCUT2D eigenvalue weighted by Crippen LogP contribution is -2.32. The van der Waals surface area contributed by atoms with Crippen molar-refractivity contribution in [3.63, 3.8) is 0 Å². The van der Waals surface area contributed by atoms with Gasteiger partial charge in [0.25, 0.3) is 5.91 Å². The second-order valence-electron chi connectivity index (χ2n) is 4.88. The van der Waals surface area contributed by atoms with Gasteiger partial charge in [0, 0.05) is 6.42 Å². The number of aromatic hydroxyl groups is 1. The summed E-state index contributed by atoms with van der Waals surface area (Å²) in [4.78, 5) is 25.5. The molecule has 1 aliphatic rings. The van der Waals surface area contributed by atoms with Gasteiger partial charge in [-0.2, -0.15) is 0 Å². The summed E-state index contributed by atoms with van der Waals surface area (Å²) < 4.78 is 0. The largest absolute Gasteiger partial charge is 0.508 e. The number of para-hydroxylation sites is 1. The normalized spacial score (nSPS) is 17.9. The van der Waals surface area contributed by atoms with E-state index < -0.39 is 12.1 Å². The third-order valence-corrected chi connectivity index (χ3v) is 3.41. The Bertz CT molecular complexity index is 668. The van der Waals surface area contributed by atoms with Crippen LogP contribution in [0.2, 0.25) is 0 Å². The molecule has 2 aromatic carbocycles. The van der Waals surface area contributed by atoms with Crippen LogP contribution in [0.5, 0.6) is 5.75 Å². The average Bonchev–Trinajstić information content (AvgIpc) is 2.77. The van der Waals surface area contributed by atoms with Crippen LogP contribution >= 0.6 is 0 Å². The first-order chi connectivity index (χ1) is 10.1. The molecule has 21 heavy (non-hydrogen) atoms. The maximum atomic E-state index is 12.4. The minimum atomic E-state index is -0.581. The van der Waals surface area contributed by atoms with E-state index in [1.165, 1.54) is 0 Å². The van der Waals surface area contributed by atoms with E-state index in [1.807, 2.05) is 6.07 Å². The molecule has 0 spiro atoms. The molecule has 1 heterocycles. The van der Waals surface area contributed by atoms with Crippen LogP contribution in [0, 0.1) is 0 Å².